The van der Waals surface area contributed by atoms with E-state index < -0.39 is 14.7 Å². The van der Waals surface area contributed by atoms with Gasteiger partial charge in [0.25, 0.3) is 0 Å². The van der Waals surface area contributed by atoms with Gasteiger partial charge < -0.3 is 9.64 Å². The number of nitrogens with zero attached hydrogens (tertiary/aromatic N) is 1. The van der Waals surface area contributed by atoms with E-state index in [1.54, 1.807) is 20.8 Å². The molecule has 1 aliphatic rings. The second-order valence-corrected chi connectivity index (χ2v) is 7.73. The van der Waals surface area contributed by atoms with Crippen LogP contribution in [0.4, 0.5) is 4.79 Å². The number of hydrogen-bond donors (Lipinski definition) is 0. The van der Waals surface area contributed by atoms with E-state index in [1.165, 1.54) is 11.0 Å². The first-order valence-corrected chi connectivity index (χ1v) is 7.63. The highest BCUT2D eigenvalue weighted by molar-refractivity contribution is 8.13. The van der Waals surface area contributed by atoms with Crippen molar-refractivity contribution in [2.24, 2.45) is 0 Å². The SMILES string of the molecule is CC(C)(C)OC(=O)N1CC(=CCS(=O)(=O)Cl)C1. The number of carbonyl (C=O) groups is 1. The van der Waals surface area contributed by atoms with Crippen molar-refractivity contribution < 1.29 is 17.9 Å². The van der Waals surface area contributed by atoms with Gasteiger partial charge in [-0.3, -0.25) is 0 Å². The van der Waals surface area contributed by atoms with Crippen molar-refractivity contribution in [2.45, 2.75) is 26.4 Å². The molecule has 0 radical (unpaired) electrons. The standard InChI is InChI=1S/C10H16ClNO4S/c1-10(2,3)16-9(13)12-6-8(7-12)4-5-17(11,14)15/h4H,5-7H2,1-3H3. The first kappa shape index (κ1) is 14.3. The van der Waals surface area contributed by atoms with Crippen LogP contribution >= 0.6 is 10.7 Å². The maximum atomic E-state index is 11.5. The summed E-state index contributed by atoms with van der Waals surface area (Å²) in [5.74, 6) is -0.202. The second kappa shape index (κ2) is 4.86. The number of ether oxygens (including phenoxy) is 1. The molecule has 1 rings (SSSR count). The molecule has 0 saturated carbocycles. The normalized spacial score (nSPS) is 16.5. The predicted octanol–water partition coefficient (Wildman–Crippen LogP) is 1.73. The zero-order valence-electron chi connectivity index (χ0n) is 10.1. The monoisotopic (exact) mass is 281 g/mol. The van der Waals surface area contributed by atoms with Gasteiger partial charge >= 0.3 is 6.09 Å². The lowest BCUT2D eigenvalue weighted by atomic mass is 10.1. The summed E-state index contributed by atoms with van der Waals surface area (Å²) in [6.07, 6.45) is 1.15. The van der Waals surface area contributed by atoms with Gasteiger partial charge in [0.1, 0.15) is 5.60 Å². The van der Waals surface area contributed by atoms with Crippen LogP contribution in [0.25, 0.3) is 0 Å². The first-order valence-electron chi connectivity index (χ1n) is 5.15. The van der Waals surface area contributed by atoms with Crippen molar-refractivity contribution in [1.82, 2.24) is 4.90 Å². The summed E-state index contributed by atoms with van der Waals surface area (Å²) in [5, 5.41) is 0. The summed E-state index contributed by atoms with van der Waals surface area (Å²) in [5.41, 5.74) is 0.357. The molecule has 1 heterocycles. The Bertz CT molecular complexity index is 428. The molecule has 0 spiro atoms. The summed E-state index contributed by atoms with van der Waals surface area (Å²) in [6.45, 7) is 6.19. The van der Waals surface area contributed by atoms with Crippen molar-refractivity contribution in [3.05, 3.63) is 11.6 Å². The predicted molar refractivity (Wildman–Crippen MR) is 65.5 cm³/mol. The second-order valence-electron chi connectivity index (χ2n) is 4.90. The molecule has 0 bridgehead atoms. The topological polar surface area (TPSA) is 63.7 Å². The molecule has 0 atom stereocenters. The molecule has 98 valence electrons. The Kier molecular flexibility index (Phi) is 4.09. The molecule has 0 unspecified atom stereocenters. The Balaban J connectivity index is 2.39. The summed E-state index contributed by atoms with van der Waals surface area (Å²) >= 11 is 0. The Labute approximate surface area is 106 Å². The van der Waals surface area contributed by atoms with Crippen LogP contribution in [0, 0.1) is 0 Å². The molecular weight excluding hydrogens is 266 g/mol. The quantitative estimate of drug-likeness (QED) is 0.571. The average Bonchev–Trinajstić information content (AvgIpc) is 1.94. The van der Waals surface area contributed by atoms with Gasteiger partial charge in [-0.05, 0) is 26.3 Å². The van der Waals surface area contributed by atoms with Gasteiger partial charge in [-0.25, -0.2) is 13.2 Å². The zero-order chi connectivity index (χ0) is 13.3. The van der Waals surface area contributed by atoms with Gasteiger partial charge in [-0.1, -0.05) is 6.08 Å². The maximum Gasteiger partial charge on any atom is 0.410 e. The molecule has 0 N–H and O–H groups in total. The number of likely N-dealkylation sites (tertiary alicyclic amines) is 1. The van der Waals surface area contributed by atoms with E-state index in [0.717, 1.165) is 5.57 Å². The Morgan fingerprint density at radius 2 is 2.00 bits per heavy atom. The smallest absolute Gasteiger partial charge is 0.410 e. The van der Waals surface area contributed by atoms with Crippen LogP contribution in [-0.2, 0) is 13.8 Å². The van der Waals surface area contributed by atoms with Crippen molar-refractivity contribution in [3.63, 3.8) is 0 Å². The van der Waals surface area contributed by atoms with Crippen LogP contribution in [0.5, 0.6) is 0 Å². The minimum Gasteiger partial charge on any atom is -0.444 e. The van der Waals surface area contributed by atoms with Crippen molar-refractivity contribution in [1.29, 1.82) is 0 Å². The van der Waals surface area contributed by atoms with Crippen molar-refractivity contribution in [2.75, 3.05) is 18.8 Å². The Morgan fingerprint density at radius 1 is 1.47 bits per heavy atom. The Morgan fingerprint density at radius 3 is 2.41 bits per heavy atom. The van der Waals surface area contributed by atoms with Crippen LogP contribution in [0.3, 0.4) is 0 Å². The van der Waals surface area contributed by atoms with Gasteiger partial charge in [-0.15, -0.1) is 0 Å². The molecule has 7 heteroatoms. The largest absolute Gasteiger partial charge is 0.444 e. The van der Waals surface area contributed by atoms with E-state index in [9.17, 15) is 13.2 Å². The molecule has 0 aromatic heterocycles. The molecule has 0 aromatic rings. The lowest BCUT2D eigenvalue weighted by Gasteiger charge is -2.35. The summed E-state index contributed by atoms with van der Waals surface area (Å²) in [6, 6.07) is 0. The fraction of sp³-hybridized carbons (Fsp3) is 0.700. The minimum atomic E-state index is -3.50. The first-order chi connectivity index (χ1) is 7.57. The van der Waals surface area contributed by atoms with E-state index in [4.69, 9.17) is 15.4 Å². The van der Waals surface area contributed by atoms with Crippen molar-refractivity contribution >= 4 is 25.8 Å². The average molecular weight is 282 g/mol. The van der Waals surface area contributed by atoms with Crippen LogP contribution in [0.2, 0.25) is 0 Å². The highest BCUT2D eigenvalue weighted by Gasteiger charge is 2.29. The zero-order valence-corrected chi connectivity index (χ0v) is 11.6. The number of amides is 1. The van der Waals surface area contributed by atoms with Gasteiger partial charge in [0, 0.05) is 23.8 Å². The third-order valence-corrected chi connectivity index (χ3v) is 2.95. The van der Waals surface area contributed by atoms with Gasteiger partial charge in [0.15, 0.2) is 0 Å². The number of carbonyl (C=O) groups excluding carboxylic acids is 1. The van der Waals surface area contributed by atoms with Crippen molar-refractivity contribution in [3.8, 4) is 0 Å². The minimum absolute atomic E-state index is 0.202. The fourth-order valence-corrected chi connectivity index (χ4v) is 1.87. The molecule has 0 aliphatic carbocycles. The van der Waals surface area contributed by atoms with Crippen LogP contribution in [-0.4, -0.2) is 43.9 Å². The maximum absolute atomic E-state index is 11.5. The molecule has 1 amide bonds. The molecule has 1 saturated heterocycles. The van der Waals surface area contributed by atoms with Crippen LogP contribution in [0.15, 0.2) is 11.6 Å². The van der Waals surface area contributed by atoms with E-state index in [1.807, 2.05) is 0 Å². The Hall–Kier alpha value is -0.750. The van der Waals surface area contributed by atoms with E-state index in [2.05, 4.69) is 0 Å². The highest BCUT2D eigenvalue weighted by atomic mass is 35.7. The van der Waals surface area contributed by atoms with Crippen LogP contribution < -0.4 is 0 Å². The molecular formula is C10H16ClNO4S. The van der Waals surface area contributed by atoms with E-state index >= 15 is 0 Å². The lowest BCUT2D eigenvalue weighted by molar-refractivity contribution is 0.0214. The summed E-state index contributed by atoms with van der Waals surface area (Å²) in [4.78, 5) is 13.0. The van der Waals surface area contributed by atoms with Gasteiger partial charge in [0.05, 0.1) is 5.75 Å². The van der Waals surface area contributed by atoms with Crippen LogP contribution in [0.1, 0.15) is 20.8 Å². The number of hydrogen-bond acceptors (Lipinski definition) is 4. The molecule has 17 heavy (non-hydrogen) atoms. The van der Waals surface area contributed by atoms with E-state index in [-0.39, 0.29) is 11.8 Å². The molecule has 5 nitrogen and oxygen atoms in total. The molecule has 0 aromatic carbocycles. The third kappa shape index (κ3) is 5.41. The molecule has 1 fully saturated rings. The number of rotatable bonds is 2. The van der Waals surface area contributed by atoms with Gasteiger partial charge in [0.2, 0.25) is 9.05 Å². The van der Waals surface area contributed by atoms with E-state index in [0.29, 0.717) is 13.1 Å². The lowest BCUT2D eigenvalue weighted by Crippen LogP contribution is -2.47. The fourth-order valence-electron chi connectivity index (χ4n) is 1.25. The molecule has 1 aliphatic heterocycles. The summed E-state index contributed by atoms with van der Waals surface area (Å²) in [7, 11) is 1.57. The highest BCUT2D eigenvalue weighted by Crippen LogP contribution is 2.19. The summed E-state index contributed by atoms with van der Waals surface area (Å²) < 4.78 is 26.5. The van der Waals surface area contributed by atoms with Gasteiger partial charge in [-0.2, -0.15) is 0 Å². The third-order valence-electron chi connectivity index (χ3n) is 2.01. The number of halogens is 1.